The first kappa shape index (κ1) is 9.07. The normalized spacial score (nSPS) is 8.40. The van der Waals surface area contributed by atoms with E-state index in [-0.39, 0.29) is 0 Å². The molecular formula is C7H13N3. The van der Waals surface area contributed by atoms with Gasteiger partial charge in [0.05, 0.1) is 0 Å². The molecule has 0 aromatic carbocycles. The highest BCUT2D eigenvalue weighted by Gasteiger charge is 1.58. The van der Waals surface area contributed by atoms with Crippen molar-refractivity contribution in [2.24, 2.45) is 5.84 Å². The van der Waals surface area contributed by atoms with Gasteiger partial charge in [-0.1, -0.05) is 6.07 Å². The van der Waals surface area contributed by atoms with Crippen LogP contribution in [0, 0.1) is 0 Å². The van der Waals surface area contributed by atoms with Gasteiger partial charge in [-0.2, -0.15) is 0 Å². The van der Waals surface area contributed by atoms with Crippen LogP contribution in [0.4, 0.5) is 0 Å². The Morgan fingerprint density at radius 2 is 1.50 bits per heavy atom. The zero-order valence-corrected chi connectivity index (χ0v) is 6.36. The van der Waals surface area contributed by atoms with E-state index in [2.05, 4.69) is 4.98 Å². The van der Waals surface area contributed by atoms with Gasteiger partial charge in [0.2, 0.25) is 0 Å². The quantitative estimate of drug-likeness (QED) is 0.420. The number of pyridine rings is 1. The molecule has 0 unspecified atom stereocenters. The molecule has 0 atom stereocenters. The molecule has 0 aliphatic rings. The van der Waals surface area contributed by atoms with E-state index < -0.39 is 0 Å². The highest BCUT2D eigenvalue weighted by molar-refractivity contribution is 4.88. The summed E-state index contributed by atoms with van der Waals surface area (Å²) in [7, 11) is 3.56. The van der Waals surface area contributed by atoms with Crippen LogP contribution in [0.2, 0.25) is 0 Å². The molecule has 1 rings (SSSR count). The highest BCUT2D eigenvalue weighted by atomic mass is 15.4. The molecule has 0 saturated carbocycles. The molecule has 2 N–H and O–H groups in total. The third kappa shape index (κ3) is 10.1. The minimum absolute atomic E-state index is 1.50. The Kier molecular flexibility index (Phi) is 5.62. The first-order chi connectivity index (χ1) is 4.73. The van der Waals surface area contributed by atoms with E-state index in [0.717, 1.165) is 0 Å². The fourth-order valence-electron chi connectivity index (χ4n) is 0.313. The molecule has 3 heteroatoms. The lowest BCUT2D eigenvalue weighted by Gasteiger charge is -1.91. The van der Waals surface area contributed by atoms with E-state index in [1.165, 1.54) is 5.01 Å². The van der Waals surface area contributed by atoms with Crippen molar-refractivity contribution in [2.45, 2.75) is 0 Å². The second kappa shape index (κ2) is 6.19. The summed E-state index contributed by atoms with van der Waals surface area (Å²) >= 11 is 0. The van der Waals surface area contributed by atoms with Crippen molar-refractivity contribution in [1.82, 2.24) is 9.99 Å². The molecule has 0 aliphatic carbocycles. The van der Waals surface area contributed by atoms with Crippen molar-refractivity contribution >= 4 is 0 Å². The van der Waals surface area contributed by atoms with Gasteiger partial charge in [-0.3, -0.25) is 15.8 Å². The standard InChI is InChI=1S/C5H5N.C2H8N2/c1-2-4-6-5-3-1;1-4(2)3/h1-5H;3H2,1-2H3. The van der Waals surface area contributed by atoms with Gasteiger partial charge in [0.25, 0.3) is 0 Å². The minimum Gasteiger partial charge on any atom is -0.269 e. The summed E-state index contributed by atoms with van der Waals surface area (Å²) < 4.78 is 0. The highest BCUT2D eigenvalue weighted by Crippen LogP contribution is 1.73. The average Bonchev–Trinajstić information content (AvgIpc) is 1.90. The molecule has 0 amide bonds. The van der Waals surface area contributed by atoms with Crippen LogP contribution in [0.3, 0.4) is 0 Å². The van der Waals surface area contributed by atoms with Crippen molar-refractivity contribution in [3.8, 4) is 0 Å². The number of nitrogens with zero attached hydrogens (tertiary/aromatic N) is 2. The molecule has 1 aromatic heterocycles. The second-order valence-corrected chi connectivity index (χ2v) is 1.99. The molecule has 1 aromatic rings. The van der Waals surface area contributed by atoms with E-state index in [4.69, 9.17) is 5.84 Å². The Labute approximate surface area is 61.5 Å². The van der Waals surface area contributed by atoms with Gasteiger partial charge in [0, 0.05) is 26.5 Å². The lowest BCUT2D eigenvalue weighted by Crippen LogP contribution is -2.18. The van der Waals surface area contributed by atoms with Crippen LogP contribution in [0.25, 0.3) is 0 Å². The summed E-state index contributed by atoms with van der Waals surface area (Å²) in [6, 6.07) is 5.72. The third-order valence-electron chi connectivity index (χ3n) is 0.566. The molecule has 0 fully saturated rings. The Morgan fingerprint density at radius 1 is 1.10 bits per heavy atom. The van der Waals surface area contributed by atoms with Crippen LogP contribution in [0.5, 0.6) is 0 Å². The lowest BCUT2D eigenvalue weighted by atomic mass is 10.5. The number of rotatable bonds is 0. The van der Waals surface area contributed by atoms with Crippen molar-refractivity contribution in [2.75, 3.05) is 14.1 Å². The van der Waals surface area contributed by atoms with Crippen LogP contribution in [-0.4, -0.2) is 24.1 Å². The molecule has 0 bridgehead atoms. The first-order valence-corrected chi connectivity index (χ1v) is 3.00. The Bertz CT molecular complexity index is 109. The minimum atomic E-state index is 1.50. The predicted octanol–water partition coefficient (Wildman–Crippen LogP) is 0.503. The van der Waals surface area contributed by atoms with E-state index in [1.807, 2.05) is 18.2 Å². The maximum Gasteiger partial charge on any atom is 0.0267 e. The zero-order valence-electron chi connectivity index (χ0n) is 6.36. The number of hydrogen-bond acceptors (Lipinski definition) is 3. The monoisotopic (exact) mass is 139 g/mol. The number of nitrogens with two attached hydrogens (primary N) is 1. The van der Waals surface area contributed by atoms with Crippen LogP contribution in [0.15, 0.2) is 30.6 Å². The molecule has 0 aliphatic heterocycles. The molecule has 1 heterocycles. The number of aromatic nitrogens is 1. The maximum atomic E-state index is 4.94. The summed E-state index contributed by atoms with van der Waals surface area (Å²) in [6.07, 6.45) is 3.50. The Hall–Kier alpha value is -0.930. The zero-order chi connectivity index (χ0) is 7.82. The predicted molar refractivity (Wildman–Crippen MR) is 42.1 cm³/mol. The fraction of sp³-hybridized carbons (Fsp3) is 0.286. The molecule has 0 spiro atoms. The molecule has 56 valence electrons. The summed E-state index contributed by atoms with van der Waals surface area (Å²) in [5.41, 5.74) is 0. The van der Waals surface area contributed by atoms with E-state index in [1.54, 1.807) is 26.5 Å². The smallest absolute Gasteiger partial charge is 0.0267 e. The van der Waals surface area contributed by atoms with Gasteiger partial charge in [-0.25, -0.2) is 0 Å². The van der Waals surface area contributed by atoms with Gasteiger partial charge in [-0.15, -0.1) is 0 Å². The SMILES string of the molecule is CN(C)N.c1ccncc1. The van der Waals surface area contributed by atoms with Crippen molar-refractivity contribution in [3.05, 3.63) is 30.6 Å². The van der Waals surface area contributed by atoms with Gasteiger partial charge in [0.15, 0.2) is 0 Å². The van der Waals surface area contributed by atoms with Crippen LogP contribution >= 0.6 is 0 Å². The van der Waals surface area contributed by atoms with Crippen LogP contribution in [-0.2, 0) is 0 Å². The molecule has 0 radical (unpaired) electrons. The van der Waals surface area contributed by atoms with Gasteiger partial charge < -0.3 is 0 Å². The largest absolute Gasteiger partial charge is 0.269 e. The van der Waals surface area contributed by atoms with Crippen molar-refractivity contribution in [1.29, 1.82) is 0 Å². The average molecular weight is 139 g/mol. The van der Waals surface area contributed by atoms with Gasteiger partial charge in [0.1, 0.15) is 0 Å². The summed E-state index contributed by atoms with van der Waals surface area (Å²) in [5, 5.41) is 1.50. The summed E-state index contributed by atoms with van der Waals surface area (Å²) in [6.45, 7) is 0. The van der Waals surface area contributed by atoms with E-state index in [0.29, 0.717) is 0 Å². The van der Waals surface area contributed by atoms with Crippen molar-refractivity contribution < 1.29 is 0 Å². The van der Waals surface area contributed by atoms with Crippen LogP contribution < -0.4 is 5.84 Å². The van der Waals surface area contributed by atoms with E-state index in [9.17, 15) is 0 Å². The molecule has 10 heavy (non-hydrogen) atoms. The topological polar surface area (TPSA) is 42.1 Å². The summed E-state index contributed by atoms with van der Waals surface area (Å²) in [5.74, 6) is 4.94. The van der Waals surface area contributed by atoms with Crippen LogP contribution in [0.1, 0.15) is 0 Å². The molecule has 0 saturated heterocycles. The second-order valence-electron chi connectivity index (χ2n) is 1.99. The summed E-state index contributed by atoms with van der Waals surface area (Å²) in [4.78, 5) is 3.78. The molecular weight excluding hydrogens is 126 g/mol. The van der Waals surface area contributed by atoms with E-state index >= 15 is 0 Å². The van der Waals surface area contributed by atoms with Gasteiger partial charge in [-0.05, 0) is 12.1 Å². The Balaban J connectivity index is 0.000000180. The Morgan fingerprint density at radius 3 is 1.60 bits per heavy atom. The lowest BCUT2D eigenvalue weighted by molar-refractivity contribution is 0.432. The molecule has 3 nitrogen and oxygen atoms in total. The number of hydrogen-bond donors (Lipinski definition) is 1. The maximum absolute atomic E-state index is 4.94. The van der Waals surface area contributed by atoms with Gasteiger partial charge >= 0.3 is 0 Å². The van der Waals surface area contributed by atoms with Crippen molar-refractivity contribution in [3.63, 3.8) is 0 Å². The number of hydrazine groups is 1. The first-order valence-electron chi connectivity index (χ1n) is 3.00. The fourth-order valence-corrected chi connectivity index (χ4v) is 0.313. The third-order valence-corrected chi connectivity index (χ3v) is 0.566.